The highest BCUT2D eigenvalue weighted by molar-refractivity contribution is 5.81. The van der Waals surface area contributed by atoms with Gasteiger partial charge in [-0.2, -0.15) is 5.10 Å². The number of hydrogen-bond donors (Lipinski definition) is 0. The van der Waals surface area contributed by atoms with Crippen molar-refractivity contribution in [3.8, 4) is 33.8 Å². The summed E-state index contributed by atoms with van der Waals surface area (Å²) < 4.78 is 2.12. The van der Waals surface area contributed by atoms with Crippen molar-refractivity contribution in [3.05, 3.63) is 187 Å². The summed E-state index contributed by atoms with van der Waals surface area (Å²) in [5.41, 5.74) is 8.23. The summed E-state index contributed by atoms with van der Waals surface area (Å²) in [5.74, 6) is 0. The third-order valence-electron chi connectivity index (χ3n) is 7.68. The van der Waals surface area contributed by atoms with E-state index in [4.69, 9.17) is 15.1 Å². The molecule has 4 heteroatoms. The maximum Gasteiger partial charge on any atom is 0.138 e. The summed E-state index contributed by atoms with van der Waals surface area (Å²) in [6.07, 6.45) is 5.86. The van der Waals surface area contributed by atoms with Crippen LogP contribution in [0.4, 0.5) is 0 Å². The first-order valence-electron chi connectivity index (χ1n) is 14.0. The molecule has 3 heterocycles. The number of aromatic nitrogens is 4. The van der Waals surface area contributed by atoms with Crippen LogP contribution in [0.15, 0.2) is 170 Å². The molecule has 0 bridgehead atoms. The molecule has 0 atom stereocenters. The monoisotopic (exact) mass is 540 g/mol. The van der Waals surface area contributed by atoms with Gasteiger partial charge in [-0.05, 0) is 46.5 Å². The summed E-state index contributed by atoms with van der Waals surface area (Å²) in [7, 11) is 0. The number of benzene rings is 4. The summed E-state index contributed by atoms with van der Waals surface area (Å²) >= 11 is 0. The van der Waals surface area contributed by atoms with Crippen LogP contribution in [0, 0.1) is 0 Å². The van der Waals surface area contributed by atoms with E-state index in [1.807, 2.05) is 48.8 Å². The van der Waals surface area contributed by atoms with Crippen LogP contribution in [0.5, 0.6) is 0 Å². The zero-order valence-corrected chi connectivity index (χ0v) is 23.0. The fourth-order valence-electron chi connectivity index (χ4n) is 5.75. The van der Waals surface area contributed by atoms with Gasteiger partial charge < -0.3 is 0 Å². The molecule has 0 aliphatic rings. The molecule has 0 unspecified atom stereocenters. The second-order valence-corrected chi connectivity index (χ2v) is 10.2. The van der Waals surface area contributed by atoms with Crippen LogP contribution in [-0.4, -0.2) is 19.7 Å². The Hall–Kier alpha value is -5.61. The van der Waals surface area contributed by atoms with Crippen LogP contribution >= 0.6 is 0 Å². The zero-order valence-electron chi connectivity index (χ0n) is 23.0. The molecule has 7 rings (SSSR count). The number of pyridine rings is 2. The van der Waals surface area contributed by atoms with Gasteiger partial charge in [-0.1, -0.05) is 127 Å². The van der Waals surface area contributed by atoms with Gasteiger partial charge in [0, 0.05) is 29.7 Å². The minimum Gasteiger partial charge on any atom is -0.256 e. The van der Waals surface area contributed by atoms with Crippen molar-refractivity contribution in [3.63, 3.8) is 0 Å². The fourth-order valence-corrected chi connectivity index (χ4v) is 5.75. The lowest BCUT2D eigenvalue weighted by molar-refractivity contribution is 0.461. The average Bonchev–Trinajstić information content (AvgIpc) is 3.53. The van der Waals surface area contributed by atoms with E-state index in [0.29, 0.717) is 0 Å². The van der Waals surface area contributed by atoms with E-state index in [1.54, 1.807) is 0 Å². The highest BCUT2D eigenvalue weighted by Crippen LogP contribution is 2.43. The highest BCUT2D eigenvalue weighted by atomic mass is 15.3. The molecule has 0 aliphatic carbocycles. The number of nitrogens with zero attached hydrogens (tertiary/aromatic N) is 4. The van der Waals surface area contributed by atoms with E-state index in [-0.39, 0.29) is 0 Å². The van der Waals surface area contributed by atoms with Crippen LogP contribution in [0.25, 0.3) is 33.8 Å². The van der Waals surface area contributed by atoms with Gasteiger partial charge in [0.15, 0.2) is 0 Å². The van der Waals surface area contributed by atoms with Crippen LogP contribution in [0.2, 0.25) is 0 Å². The summed E-state index contributed by atoms with van der Waals surface area (Å²) in [6, 6.07) is 52.2. The summed E-state index contributed by atoms with van der Waals surface area (Å²) in [6.45, 7) is 0. The van der Waals surface area contributed by atoms with Crippen molar-refractivity contribution >= 4 is 0 Å². The molecule has 0 radical (unpaired) electrons. The molecule has 0 spiro atoms. The van der Waals surface area contributed by atoms with Crippen LogP contribution in [0.1, 0.15) is 16.7 Å². The molecule has 0 amide bonds. The molecule has 0 N–H and O–H groups in total. The van der Waals surface area contributed by atoms with E-state index in [1.165, 1.54) is 0 Å². The predicted octanol–water partition coefficient (Wildman–Crippen LogP) is 8.51. The lowest BCUT2D eigenvalue weighted by atomic mass is 9.77. The van der Waals surface area contributed by atoms with E-state index < -0.39 is 5.54 Å². The first kappa shape index (κ1) is 25.4. The quantitative estimate of drug-likeness (QED) is 0.190. The second-order valence-electron chi connectivity index (χ2n) is 10.2. The molecule has 0 saturated heterocycles. The van der Waals surface area contributed by atoms with Gasteiger partial charge in [0.1, 0.15) is 11.2 Å². The van der Waals surface area contributed by atoms with Crippen LogP contribution < -0.4 is 0 Å². The van der Waals surface area contributed by atoms with Crippen LogP contribution in [-0.2, 0) is 5.54 Å². The second kappa shape index (κ2) is 11.1. The van der Waals surface area contributed by atoms with Crippen molar-refractivity contribution in [1.82, 2.24) is 19.7 Å². The Morgan fingerprint density at radius 2 is 0.976 bits per heavy atom. The van der Waals surface area contributed by atoms with Gasteiger partial charge in [0.2, 0.25) is 0 Å². The van der Waals surface area contributed by atoms with Gasteiger partial charge in [0.25, 0.3) is 0 Å². The smallest absolute Gasteiger partial charge is 0.138 e. The lowest BCUT2D eigenvalue weighted by Gasteiger charge is -2.36. The molecule has 0 aliphatic heterocycles. The first-order valence-corrected chi connectivity index (χ1v) is 14.0. The average molecular weight is 541 g/mol. The molecule has 4 nitrogen and oxygen atoms in total. The van der Waals surface area contributed by atoms with Gasteiger partial charge in [-0.25, -0.2) is 0 Å². The third kappa shape index (κ3) is 4.49. The maximum atomic E-state index is 5.39. The SMILES string of the molecule is c1ccc(-c2cc(-c3cn(C(c4ccccc4)(c4ccccc4)c4ccccc4)nc3-c3ccccn3)ccn2)cc1. The molecule has 3 aromatic heterocycles. The van der Waals surface area contributed by atoms with Gasteiger partial charge >= 0.3 is 0 Å². The molecule has 0 fully saturated rings. The Labute approximate surface area is 245 Å². The first-order chi connectivity index (χ1) is 20.8. The Kier molecular flexibility index (Phi) is 6.71. The predicted molar refractivity (Wildman–Crippen MR) is 169 cm³/mol. The Morgan fingerprint density at radius 3 is 1.52 bits per heavy atom. The number of rotatable bonds is 7. The van der Waals surface area contributed by atoms with E-state index in [2.05, 4.69) is 126 Å². The molecule has 42 heavy (non-hydrogen) atoms. The van der Waals surface area contributed by atoms with Crippen molar-refractivity contribution in [2.45, 2.75) is 5.54 Å². The van der Waals surface area contributed by atoms with Crippen molar-refractivity contribution in [2.75, 3.05) is 0 Å². The minimum absolute atomic E-state index is 0.735. The highest BCUT2D eigenvalue weighted by Gasteiger charge is 2.40. The summed E-state index contributed by atoms with van der Waals surface area (Å²) in [4.78, 5) is 9.43. The lowest BCUT2D eigenvalue weighted by Crippen LogP contribution is -2.38. The standard InChI is InChI=1S/C38H28N4/c1-5-15-29(16-6-1)36-27-30(24-26-40-36)34-28-42(41-37(34)35-23-13-14-25-39-35)38(31-17-7-2-8-18-31,32-19-9-3-10-20-32)33-21-11-4-12-22-33/h1-28H. The molecular formula is C38H28N4. The maximum absolute atomic E-state index is 5.39. The van der Waals surface area contributed by atoms with Crippen molar-refractivity contribution in [2.24, 2.45) is 0 Å². The third-order valence-corrected chi connectivity index (χ3v) is 7.68. The topological polar surface area (TPSA) is 43.6 Å². The van der Waals surface area contributed by atoms with Gasteiger partial charge in [-0.15, -0.1) is 0 Å². The molecule has 200 valence electrons. The Morgan fingerprint density at radius 1 is 0.452 bits per heavy atom. The molecule has 0 saturated carbocycles. The van der Waals surface area contributed by atoms with Crippen LogP contribution in [0.3, 0.4) is 0 Å². The summed E-state index contributed by atoms with van der Waals surface area (Å²) in [5, 5.41) is 5.39. The fraction of sp³-hybridized carbons (Fsp3) is 0.0263. The van der Waals surface area contributed by atoms with E-state index in [9.17, 15) is 0 Å². The van der Waals surface area contributed by atoms with Crippen molar-refractivity contribution < 1.29 is 0 Å². The van der Waals surface area contributed by atoms with Crippen molar-refractivity contribution in [1.29, 1.82) is 0 Å². The van der Waals surface area contributed by atoms with Gasteiger partial charge in [-0.3, -0.25) is 14.6 Å². The van der Waals surface area contributed by atoms with E-state index in [0.717, 1.165) is 50.5 Å². The largest absolute Gasteiger partial charge is 0.256 e. The number of hydrogen-bond acceptors (Lipinski definition) is 3. The Bertz CT molecular complexity index is 1800. The zero-order chi connectivity index (χ0) is 28.2. The molecular weight excluding hydrogens is 512 g/mol. The normalized spacial score (nSPS) is 11.3. The van der Waals surface area contributed by atoms with Gasteiger partial charge in [0.05, 0.1) is 11.4 Å². The minimum atomic E-state index is -0.735. The molecule has 7 aromatic rings. The van der Waals surface area contributed by atoms with E-state index >= 15 is 0 Å². The Balaban J connectivity index is 1.54. The molecule has 4 aromatic carbocycles.